The van der Waals surface area contributed by atoms with Crippen molar-refractivity contribution in [1.29, 1.82) is 0 Å². The number of ether oxygens (including phenoxy) is 2. The SMILES string of the molecule is Cc1cc(/C(Cc2ccccc2)=N/OCc2ccc(C(F)(F)F)cc2)ccc1OCC(=O)NCC1CCOCC1. The number of amides is 1. The first kappa shape index (κ1) is 29.1. The molecule has 0 aliphatic carbocycles. The lowest BCUT2D eigenvalue weighted by Gasteiger charge is -2.22. The lowest BCUT2D eigenvalue weighted by Crippen LogP contribution is -2.35. The molecule has 0 bridgehead atoms. The van der Waals surface area contributed by atoms with E-state index in [2.05, 4.69) is 10.5 Å². The molecule has 1 saturated heterocycles. The van der Waals surface area contributed by atoms with Crippen molar-refractivity contribution in [2.24, 2.45) is 11.1 Å². The van der Waals surface area contributed by atoms with Gasteiger partial charge in [-0.25, -0.2) is 0 Å². The monoisotopic (exact) mass is 554 g/mol. The zero-order chi connectivity index (χ0) is 28.4. The smallest absolute Gasteiger partial charge is 0.416 e. The third-order valence-electron chi connectivity index (χ3n) is 6.70. The molecule has 1 amide bonds. The maximum absolute atomic E-state index is 12.8. The lowest BCUT2D eigenvalue weighted by molar-refractivity contribution is -0.137. The average molecular weight is 555 g/mol. The van der Waals surface area contributed by atoms with Crippen LogP contribution in [0.1, 0.15) is 40.7 Å². The molecule has 40 heavy (non-hydrogen) atoms. The minimum absolute atomic E-state index is 0.0274. The maximum Gasteiger partial charge on any atom is 0.416 e. The van der Waals surface area contributed by atoms with Crippen LogP contribution in [0.25, 0.3) is 0 Å². The van der Waals surface area contributed by atoms with Crippen LogP contribution in [0.15, 0.2) is 78.0 Å². The van der Waals surface area contributed by atoms with Gasteiger partial charge in [-0.3, -0.25) is 4.79 Å². The summed E-state index contributed by atoms with van der Waals surface area (Å²) in [6.07, 6.45) is -2.00. The zero-order valence-electron chi connectivity index (χ0n) is 22.4. The molecule has 6 nitrogen and oxygen atoms in total. The van der Waals surface area contributed by atoms with Crippen molar-refractivity contribution in [3.8, 4) is 5.75 Å². The van der Waals surface area contributed by atoms with E-state index in [1.54, 1.807) is 6.07 Å². The average Bonchev–Trinajstić information content (AvgIpc) is 2.96. The highest BCUT2D eigenvalue weighted by atomic mass is 19.4. The molecule has 0 saturated carbocycles. The molecule has 1 aliphatic rings. The van der Waals surface area contributed by atoms with E-state index in [1.165, 1.54) is 12.1 Å². The van der Waals surface area contributed by atoms with Crippen LogP contribution in [0.5, 0.6) is 5.75 Å². The van der Waals surface area contributed by atoms with Gasteiger partial charge in [0.25, 0.3) is 5.91 Å². The molecule has 212 valence electrons. The molecule has 1 heterocycles. The van der Waals surface area contributed by atoms with Gasteiger partial charge in [0, 0.05) is 31.7 Å². The van der Waals surface area contributed by atoms with E-state index in [9.17, 15) is 18.0 Å². The minimum Gasteiger partial charge on any atom is -0.484 e. The molecule has 3 aromatic rings. The first-order valence-electron chi connectivity index (χ1n) is 13.2. The van der Waals surface area contributed by atoms with Crippen molar-refractivity contribution in [1.82, 2.24) is 5.32 Å². The first-order chi connectivity index (χ1) is 19.3. The third-order valence-corrected chi connectivity index (χ3v) is 6.70. The molecule has 1 aliphatic heterocycles. The number of oxime groups is 1. The number of rotatable bonds is 11. The molecular weight excluding hydrogens is 521 g/mol. The Labute approximate surface area is 232 Å². The molecule has 0 atom stereocenters. The van der Waals surface area contributed by atoms with E-state index in [-0.39, 0.29) is 19.1 Å². The van der Waals surface area contributed by atoms with Gasteiger partial charge in [0.2, 0.25) is 0 Å². The highest BCUT2D eigenvalue weighted by Gasteiger charge is 2.29. The molecular formula is C31H33F3N2O4. The van der Waals surface area contributed by atoms with E-state index in [0.29, 0.717) is 35.9 Å². The van der Waals surface area contributed by atoms with Gasteiger partial charge in [0.15, 0.2) is 6.61 Å². The fraction of sp³-hybridized carbons (Fsp3) is 0.355. The number of aryl methyl sites for hydroxylation is 1. The number of hydrogen-bond donors (Lipinski definition) is 1. The fourth-order valence-electron chi connectivity index (χ4n) is 4.34. The predicted octanol–water partition coefficient (Wildman–Crippen LogP) is 6.10. The number of benzene rings is 3. The normalized spacial score (nSPS) is 14.6. The summed E-state index contributed by atoms with van der Waals surface area (Å²) in [4.78, 5) is 17.9. The van der Waals surface area contributed by atoms with Gasteiger partial charge in [-0.2, -0.15) is 13.2 Å². The molecule has 1 N–H and O–H groups in total. The van der Waals surface area contributed by atoms with Crippen LogP contribution in [-0.4, -0.2) is 38.0 Å². The van der Waals surface area contributed by atoms with Crippen LogP contribution >= 0.6 is 0 Å². The summed E-state index contributed by atoms with van der Waals surface area (Å²) >= 11 is 0. The number of hydrogen-bond acceptors (Lipinski definition) is 5. The minimum atomic E-state index is -4.39. The van der Waals surface area contributed by atoms with Crippen LogP contribution in [0.3, 0.4) is 0 Å². The van der Waals surface area contributed by atoms with E-state index in [0.717, 1.165) is 54.9 Å². The van der Waals surface area contributed by atoms with Crippen molar-refractivity contribution in [3.05, 3.63) is 101 Å². The molecule has 9 heteroatoms. The number of carbonyl (C=O) groups is 1. The maximum atomic E-state index is 12.8. The molecule has 3 aromatic carbocycles. The van der Waals surface area contributed by atoms with Crippen molar-refractivity contribution < 1.29 is 32.3 Å². The topological polar surface area (TPSA) is 69.2 Å². The van der Waals surface area contributed by atoms with Crippen LogP contribution in [0.4, 0.5) is 13.2 Å². The molecule has 4 rings (SSSR count). The Morgan fingerprint density at radius 1 is 1.00 bits per heavy atom. The number of nitrogens with zero attached hydrogens (tertiary/aromatic N) is 1. The highest BCUT2D eigenvalue weighted by molar-refractivity contribution is 6.01. The molecule has 0 spiro atoms. The van der Waals surface area contributed by atoms with E-state index >= 15 is 0 Å². The highest BCUT2D eigenvalue weighted by Crippen LogP contribution is 2.29. The Balaban J connectivity index is 1.39. The fourth-order valence-corrected chi connectivity index (χ4v) is 4.34. The van der Waals surface area contributed by atoms with Gasteiger partial charge in [0.1, 0.15) is 12.4 Å². The molecule has 0 aromatic heterocycles. The van der Waals surface area contributed by atoms with E-state index in [1.807, 2.05) is 49.4 Å². The summed E-state index contributed by atoms with van der Waals surface area (Å²) in [5.74, 6) is 0.857. The molecule has 1 fully saturated rings. The van der Waals surface area contributed by atoms with Crippen LogP contribution in [-0.2, 0) is 33.6 Å². The summed E-state index contributed by atoms with van der Waals surface area (Å²) in [6, 6.07) is 20.1. The predicted molar refractivity (Wildman–Crippen MR) is 146 cm³/mol. The molecule has 0 unspecified atom stereocenters. The summed E-state index contributed by atoms with van der Waals surface area (Å²) in [7, 11) is 0. The Kier molecular flexibility index (Phi) is 10.2. The quantitative estimate of drug-likeness (QED) is 0.230. The van der Waals surface area contributed by atoms with E-state index < -0.39 is 11.7 Å². The molecule has 0 radical (unpaired) electrons. The Morgan fingerprint density at radius 3 is 2.40 bits per heavy atom. The Bertz CT molecular complexity index is 1270. The van der Waals surface area contributed by atoms with E-state index in [4.69, 9.17) is 14.3 Å². The number of carbonyl (C=O) groups excluding carboxylic acids is 1. The second-order valence-electron chi connectivity index (χ2n) is 9.80. The van der Waals surface area contributed by atoms with Gasteiger partial charge < -0.3 is 19.6 Å². The van der Waals surface area contributed by atoms with Crippen molar-refractivity contribution in [2.75, 3.05) is 26.4 Å². The second kappa shape index (κ2) is 14.0. The van der Waals surface area contributed by atoms with Crippen molar-refractivity contribution in [2.45, 2.75) is 39.0 Å². The second-order valence-corrected chi connectivity index (χ2v) is 9.80. The van der Waals surface area contributed by atoms with Crippen LogP contribution in [0, 0.1) is 12.8 Å². The largest absolute Gasteiger partial charge is 0.484 e. The first-order valence-corrected chi connectivity index (χ1v) is 13.2. The Morgan fingerprint density at radius 2 is 1.73 bits per heavy atom. The van der Waals surface area contributed by atoms with Gasteiger partial charge in [-0.05, 0) is 72.7 Å². The van der Waals surface area contributed by atoms with Gasteiger partial charge in [-0.1, -0.05) is 47.6 Å². The standard InChI is InChI=1S/C31H33F3N2O4/c1-22-17-26(9-12-29(22)39-21-30(37)35-19-24-13-15-38-16-14-24)28(18-23-5-3-2-4-6-23)36-40-20-25-7-10-27(11-8-25)31(32,33)34/h2-12,17,24H,13-16,18-21H2,1H3,(H,35,37)/b36-28+. The van der Waals surface area contributed by atoms with Gasteiger partial charge in [-0.15, -0.1) is 0 Å². The number of halogens is 3. The van der Waals surface area contributed by atoms with Crippen LogP contribution in [0.2, 0.25) is 0 Å². The Hall–Kier alpha value is -3.85. The summed E-state index contributed by atoms with van der Waals surface area (Å²) in [5.41, 5.74) is 3.19. The number of nitrogens with one attached hydrogen (secondary N) is 1. The van der Waals surface area contributed by atoms with Crippen LogP contribution < -0.4 is 10.1 Å². The zero-order valence-corrected chi connectivity index (χ0v) is 22.4. The third kappa shape index (κ3) is 8.84. The van der Waals surface area contributed by atoms with Gasteiger partial charge in [0.05, 0.1) is 11.3 Å². The lowest BCUT2D eigenvalue weighted by atomic mass is 10.0. The van der Waals surface area contributed by atoms with Gasteiger partial charge >= 0.3 is 6.18 Å². The summed E-state index contributed by atoms with van der Waals surface area (Å²) in [5, 5.41) is 7.29. The van der Waals surface area contributed by atoms with Crippen molar-refractivity contribution >= 4 is 11.6 Å². The van der Waals surface area contributed by atoms with Crippen molar-refractivity contribution in [3.63, 3.8) is 0 Å². The number of alkyl halides is 3. The summed E-state index contributed by atoms with van der Waals surface area (Å²) in [6.45, 7) is 3.93. The summed E-state index contributed by atoms with van der Waals surface area (Å²) < 4.78 is 49.6.